The van der Waals surface area contributed by atoms with Crippen molar-refractivity contribution in [3.05, 3.63) is 51.7 Å². The van der Waals surface area contributed by atoms with Crippen molar-refractivity contribution in [2.75, 3.05) is 51.6 Å². The molecule has 0 radical (unpaired) electrons. The van der Waals surface area contributed by atoms with Crippen molar-refractivity contribution < 1.29 is 19.4 Å². The summed E-state index contributed by atoms with van der Waals surface area (Å²) in [5.41, 5.74) is 4.30. The molecular weight excluding hydrogens is 384 g/mol. The molecule has 1 aliphatic rings. The van der Waals surface area contributed by atoms with Gasteiger partial charge in [0.05, 0.1) is 0 Å². The standard InChI is InChI=1S/C22H30N4O2S/c1-17-5-4-6-18(2)22(17)23-20(27)14-25-8-10-26(11-9-25)15-21(28)24(3)13-19-7-12-29-16-19/h4-7,12,16H,8-11,13-15H2,1-3H3,(H,23,27)/p+2. The van der Waals surface area contributed by atoms with Crippen LogP contribution in [0.15, 0.2) is 35.0 Å². The lowest BCUT2D eigenvalue weighted by Crippen LogP contribution is -3.28. The molecule has 3 rings (SSSR count). The van der Waals surface area contributed by atoms with Gasteiger partial charge >= 0.3 is 0 Å². The lowest BCUT2D eigenvalue weighted by atomic mass is 10.1. The molecule has 1 aliphatic heterocycles. The molecule has 3 N–H and O–H groups in total. The van der Waals surface area contributed by atoms with Crippen LogP contribution in [-0.4, -0.2) is 63.0 Å². The van der Waals surface area contributed by atoms with Crippen molar-refractivity contribution in [1.82, 2.24) is 4.90 Å². The largest absolute Gasteiger partial charge is 0.337 e. The summed E-state index contributed by atoms with van der Waals surface area (Å²) < 4.78 is 0. The minimum absolute atomic E-state index is 0.0624. The molecule has 0 unspecified atom stereocenters. The van der Waals surface area contributed by atoms with E-state index in [0.717, 1.165) is 43.0 Å². The quantitative estimate of drug-likeness (QED) is 0.583. The number of quaternary nitrogens is 2. The van der Waals surface area contributed by atoms with Gasteiger partial charge in [0.2, 0.25) is 0 Å². The Kier molecular flexibility index (Phi) is 7.41. The molecule has 1 saturated heterocycles. The van der Waals surface area contributed by atoms with E-state index in [2.05, 4.69) is 16.8 Å². The molecule has 2 amide bonds. The minimum Gasteiger partial charge on any atom is -0.337 e. The van der Waals surface area contributed by atoms with Gasteiger partial charge in [0, 0.05) is 19.3 Å². The molecule has 2 aromatic rings. The van der Waals surface area contributed by atoms with Gasteiger partial charge in [-0.1, -0.05) is 18.2 Å². The number of likely N-dealkylation sites (N-methyl/N-ethyl adjacent to an activating group) is 1. The topological polar surface area (TPSA) is 58.3 Å². The van der Waals surface area contributed by atoms with Crippen LogP contribution in [0.5, 0.6) is 0 Å². The zero-order valence-corrected chi connectivity index (χ0v) is 18.4. The van der Waals surface area contributed by atoms with Crippen molar-refractivity contribution in [3.63, 3.8) is 0 Å². The number of carbonyl (C=O) groups is 2. The van der Waals surface area contributed by atoms with Crippen molar-refractivity contribution in [2.45, 2.75) is 20.4 Å². The summed E-state index contributed by atoms with van der Waals surface area (Å²) in [7, 11) is 1.87. The Morgan fingerprint density at radius 1 is 1.03 bits per heavy atom. The number of rotatable bonds is 7. The summed E-state index contributed by atoms with van der Waals surface area (Å²) in [5, 5.41) is 7.20. The molecule has 29 heavy (non-hydrogen) atoms. The fourth-order valence-corrected chi connectivity index (χ4v) is 4.49. The van der Waals surface area contributed by atoms with Crippen molar-refractivity contribution >= 4 is 28.8 Å². The van der Waals surface area contributed by atoms with E-state index in [1.807, 2.05) is 49.4 Å². The first-order chi connectivity index (χ1) is 13.9. The number of amides is 2. The van der Waals surface area contributed by atoms with E-state index < -0.39 is 0 Å². The van der Waals surface area contributed by atoms with E-state index in [4.69, 9.17) is 0 Å². The van der Waals surface area contributed by atoms with Gasteiger partial charge in [-0.2, -0.15) is 11.3 Å². The second kappa shape index (κ2) is 10.0. The molecule has 0 aliphatic carbocycles. The molecule has 7 heteroatoms. The number of nitrogens with one attached hydrogen (secondary N) is 3. The van der Waals surface area contributed by atoms with E-state index in [1.54, 1.807) is 11.3 Å². The number of nitrogens with zero attached hydrogens (tertiary/aromatic N) is 1. The van der Waals surface area contributed by atoms with Gasteiger partial charge in [-0.15, -0.1) is 0 Å². The van der Waals surface area contributed by atoms with E-state index in [0.29, 0.717) is 19.6 Å². The van der Waals surface area contributed by atoms with Gasteiger partial charge in [0.1, 0.15) is 26.2 Å². The van der Waals surface area contributed by atoms with Crippen LogP contribution >= 0.6 is 11.3 Å². The highest BCUT2D eigenvalue weighted by molar-refractivity contribution is 7.07. The Hall–Kier alpha value is -2.22. The van der Waals surface area contributed by atoms with Crippen LogP contribution in [0.2, 0.25) is 0 Å². The molecule has 1 aromatic heterocycles. The summed E-state index contributed by atoms with van der Waals surface area (Å²) >= 11 is 1.66. The third-order valence-corrected chi connectivity index (χ3v) is 6.38. The maximum Gasteiger partial charge on any atom is 0.279 e. The summed E-state index contributed by atoms with van der Waals surface area (Å²) in [6, 6.07) is 8.10. The van der Waals surface area contributed by atoms with Gasteiger partial charge in [-0.3, -0.25) is 9.59 Å². The Morgan fingerprint density at radius 2 is 1.66 bits per heavy atom. The molecule has 0 atom stereocenters. The Morgan fingerprint density at radius 3 is 2.24 bits per heavy atom. The van der Waals surface area contributed by atoms with Crippen LogP contribution in [0.25, 0.3) is 0 Å². The van der Waals surface area contributed by atoms with Gasteiger partial charge in [-0.05, 0) is 47.4 Å². The number of para-hydroxylation sites is 1. The Bertz CT molecular complexity index is 809. The number of benzene rings is 1. The second-order valence-corrected chi connectivity index (χ2v) is 8.83. The van der Waals surface area contributed by atoms with Crippen LogP contribution in [0, 0.1) is 13.8 Å². The molecule has 0 bridgehead atoms. The third-order valence-electron chi connectivity index (χ3n) is 5.65. The molecule has 1 aromatic carbocycles. The van der Waals surface area contributed by atoms with Crippen LogP contribution in [0.4, 0.5) is 5.69 Å². The lowest BCUT2D eigenvalue weighted by Gasteiger charge is -2.30. The first kappa shape index (κ1) is 21.5. The molecular formula is C22H32N4O2S+2. The first-order valence-corrected chi connectivity index (χ1v) is 11.1. The van der Waals surface area contributed by atoms with E-state index in [-0.39, 0.29) is 11.8 Å². The van der Waals surface area contributed by atoms with Gasteiger partial charge in [0.15, 0.2) is 13.1 Å². The molecule has 156 valence electrons. The maximum atomic E-state index is 12.5. The lowest BCUT2D eigenvalue weighted by molar-refractivity contribution is -1.00. The van der Waals surface area contributed by atoms with Gasteiger partial charge < -0.3 is 20.0 Å². The maximum absolute atomic E-state index is 12.5. The number of carbonyl (C=O) groups excluding carboxylic acids is 2. The average Bonchev–Trinajstić information content (AvgIpc) is 3.19. The Balaban J connectivity index is 1.41. The smallest absolute Gasteiger partial charge is 0.279 e. The van der Waals surface area contributed by atoms with E-state index in [1.165, 1.54) is 15.4 Å². The van der Waals surface area contributed by atoms with Crippen molar-refractivity contribution in [3.8, 4) is 0 Å². The van der Waals surface area contributed by atoms with E-state index >= 15 is 0 Å². The number of piperazine rings is 1. The number of aryl methyl sites for hydroxylation is 2. The average molecular weight is 417 g/mol. The number of hydrogen-bond donors (Lipinski definition) is 3. The van der Waals surface area contributed by atoms with E-state index in [9.17, 15) is 9.59 Å². The highest BCUT2D eigenvalue weighted by Crippen LogP contribution is 2.18. The summed E-state index contributed by atoms with van der Waals surface area (Å²) in [6.45, 7) is 9.39. The summed E-state index contributed by atoms with van der Waals surface area (Å²) in [5.74, 6) is 0.245. The number of anilines is 1. The Labute approximate surface area is 177 Å². The highest BCUT2D eigenvalue weighted by Gasteiger charge is 2.27. The fraction of sp³-hybridized carbons (Fsp3) is 0.455. The number of thiophene rings is 1. The highest BCUT2D eigenvalue weighted by atomic mass is 32.1. The molecule has 6 nitrogen and oxygen atoms in total. The summed E-state index contributed by atoms with van der Waals surface area (Å²) in [4.78, 5) is 29.4. The number of hydrogen-bond acceptors (Lipinski definition) is 3. The van der Waals surface area contributed by atoms with Gasteiger partial charge in [-0.25, -0.2) is 0 Å². The molecule has 0 saturated carbocycles. The van der Waals surface area contributed by atoms with Crippen LogP contribution in [0.3, 0.4) is 0 Å². The van der Waals surface area contributed by atoms with Crippen LogP contribution in [-0.2, 0) is 16.1 Å². The zero-order chi connectivity index (χ0) is 20.8. The monoisotopic (exact) mass is 416 g/mol. The molecule has 0 spiro atoms. The van der Waals surface area contributed by atoms with Crippen molar-refractivity contribution in [1.29, 1.82) is 0 Å². The first-order valence-electron chi connectivity index (χ1n) is 10.2. The fourth-order valence-electron chi connectivity index (χ4n) is 3.83. The zero-order valence-electron chi connectivity index (χ0n) is 17.6. The summed E-state index contributed by atoms with van der Waals surface area (Å²) in [6.07, 6.45) is 0. The molecule has 1 fully saturated rings. The van der Waals surface area contributed by atoms with Crippen LogP contribution < -0.4 is 15.1 Å². The van der Waals surface area contributed by atoms with Crippen molar-refractivity contribution in [2.24, 2.45) is 0 Å². The predicted octanol–water partition coefficient (Wildman–Crippen LogP) is -0.255. The third kappa shape index (κ3) is 6.13. The SMILES string of the molecule is Cc1cccc(C)c1NC(=O)C[NH+]1CC[NH+](CC(=O)N(C)Cc2ccsc2)CC1. The predicted molar refractivity (Wildman–Crippen MR) is 116 cm³/mol. The van der Waals surface area contributed by atoms with Crippen LogP contribution in [0.1, 0.15) is 16.7 Å². The van der Waals surface area contributed by atoms with Gasteiger partial charge in [0.25, 0.3) is 11.8 Å². The normalized spacial score (nSPS) is 19.0. The molecule has 2 heterocycles. The second-order valence-electron chi connectivity index (χ2n) is 8.05. The minimum atomic E-state index is 0.0624.